The maximum atomic E-state index is 4.32. The molecule has 0 unspecified atom stereocenters. The van der Waals surface area contributed by atoms with E-state index in [1.54, 1.807) is 0 Å². The topological polar surface area (TPSA) is 0 Å². The summed E-state index contributed by atoms with van der Waals surface area (Å²) in [5.41, 5.74) is 0. The van der Waals surface area contributed by atoms with Crippen LogP contribution in [0.5, 0.6) is 0 Å². The average molecular weight is 126 g/mol. The van der Waals surface area contributed by atoms with Crippen LogP contribution in [0.4, 0.5) is 0 Å². The molecule has 0 spiro atoms. The first-order valence-corrected chi connectivity index (χ1v) is 3.35. The molecule has 1 rings (SSSR count). The molecule has 0 radical (unpaired) electrons. The van der Waals surface area contributed by atoms with Crippen molar-refractivity contribution in [1.29, 1.82) is 0 Å². The van der Waals surface area contributed by atoms with Crippen LogP contribution in [0.25, 0.3) is 0 Å². The zero-order chi connectivity index (χ0) is 5.98. The first kappa shape index (κ1) is 5.96. The largest absolute Gasteiger partial charge is 0.171 e. The van der Waals surface area contributed by atoms with Gasteiger partial charge in [-0.2, -0.15) is 12.6 Å². The van der Waals surface area contributed by atoms with Crippen molar-refractivity contribution in [2.75, 3.05) is 0 Å². The predicted molar refractivity (Wildman–Crippen MR) is 40.2 cm³/mol. The van der Waals surface area contributed by atoms with E-state index in [0.29, 0.717) is 11.2 Å². The highest BCUT2D eigenvalue weighted by Gasteiger charge is 2.06. The van der Waals surface area contributed by atoms with Gasteiger partial charge in [-0.15, -0.1) is 0 Å². The summed E-state index contributed by atoms with van der Waals surface area (Å²) in [6.45, 7) is 2.16. The molecule has 0 nitrogen and oxygen atoms in total. The highest BCUT2D eigenvalue weighted by molar-refractivity contribution is 7.81. The van der Waals surface area contributed by atoms with Gasteiger partial charge in [0.15, 0.2) is 0 Å². The lowest BCUT2D eigenvalue weighted by Crippen LogP contribution is -2.07. The van der Waals surface area contributed by atoms with Crippen molar-refractivity contribution >= 4 is 12.6 Å². The van der Waals surface area contributed by atoms with Crippen molar-refractivity contribution in [3.05, 3.63) is 24.3 Å². The zero-order valence-corrected chi connectivity index (χ0v) is 5.81. The Hall–Kier alpha value is -0.170. The molecule has 1 aliphatic rings. The third kappa shape index (κ3) is 1.16. The van der Waals surface area contributed by atoms with Crippen molar-refractivity contribution in [3.63, 3.8) is 0 Å². The van der Waals surface area contributed by atoms with E-state index in [-0.39, 0.29) is 0 Å². The van der Waals surface area contributed by atoms with Crippen LogP contribution in [0.1, 0.15) is 6.92 Å². The van der Waals surface area contributed by atoms with E-state index in [1.165, 1.54) is 0 Å². The standard InChI is InChI=1S/C7H10S/c1-6-4-2-3-5-7(6)8/h2-8H,1H3/t6-,7+/m0/s1. The molecule has 44 valence electrons. The molecule has 0 N–H and O–H groups in total. The van der Waals surface area contributed by atoms with Crippen LogP contribution >= 0.6 is 12.6 Å². The highest BCUT2D eigenvalue weighted by Crippen LogP contribution is 2.15. The van der Waals surface area contributed by atoms with Crippen molar-refractivity contribution in [2.24, 2.45) is 5.92 Å². The van der Waals surface area contributed by atoms with Gasteiger partial charge in [0.05, 0.1) is 0 Å². The van der Waals surface area contributed by atoms with Crippen molar-refractivity contribution in [3.8, 4) is 0 Å². The third-order valence-electron chi connectivity index (χ3n) is 1.37. The van der Waals surface area contributed by atoms with E-state index in [1.807, 2.05) is 6.08 Å². The number of thiol groups is 1. The summed E-state index contributed by atoms with van der Waals surface area (Å²) < 4.78 is 0. The van der Waals surface area contributed by atoms with Gasteiger partial charge in [0.2, 0.25) is 0 Å². The van der Waals surface area contributed by atoms with Crippen LogP contribution in [-0.2, 0) is 0 Å². The molecule has 0 fully saturated rings. The van der Waals surface area contributed by atoms with Crippen molar-refractivity contribution < 1.29 is 0 Å². The summed E-state index contributed by atoms with van der Waals surface area (Å²) in [5, 5.41) is 0.431. The minimum atomic E-state index is 0.431. The first-order chi connectivity index (χ1) is 3.80. The lowest BCUT2D eigenvalue weighted by molar-refractivity contribution is 0.757. The summed E-state index contributed by atoms with van der Waals surface area (Å²) in [5.74, 6) is 0.600. The average Bonchev–Trinajstić information content (AvgIpc) is 1.77. The lowest BCUT2D eigenvalue weighted by atomic mass is 10.0. The van der Waals surface area contributed by atoms with E-state index in [2.05, 4.69) is 37.8 Å². The van der Waals surface area contributed by atoms with Gasteiger partial charge in [0.25, 0.3) is 0 Å². The van der Waals surface area contributed by atoms with Crippen LogP contribution in [0, 0.1) is 5.92 Å². The Kier molecular flexibility index (Phi) is 1.79. The highest BCUT2D eigenvalue weighted by atomic mass is 32.1. The fraction of sp³-hybridized carbons (Fsp3) is 0.429. The number of allylic oxidation sites excluding steroid dienone is 3. The molecule has 0 saturated carbocycles. The summed E-state index contributed by atoms with van der Waals surface area (Å²) in [6, 6.07) is 0. The van der Waals surface area contributed by atoms with Gasteiger partial charge in [-0.1, -0.05) is 31.2 Å². The molecule has 0 saturated heterocycles. The Morgan fingerprint density at radius 3 is 2.25 bits per heavy atom. The van der Waals surface area contributed by atoms with Gasteiger partial charge < -0.3 is 0 Å². The van der Waals surface area contributed by atoms with E-state index in [0.717, 1.165) is 0 Å². The minimum Gasteiger partial charge on any atom is -0.171 e. The monoisotopic (exact) mass is 126 g/mol. The summed E-state index contributed by atoms with van der Waals surface area (Å²) in [4.78, 5) is 0. The Bertz CT molecular complexity index is 108. The van der Waals surface area contributed by atoms with E-state index < -0.39 is 0 Å². The molecular weight excluding hydrogens is 116 g/mol. The second kappa shape index (κ2) is 2.40. The van der Waals surface area contributed by atoms with E-state index in [9.17, 15) is 0 Å². The fourth-order valence-electron chi connectivity index (χ4n) is 0.707. The first-order valence-electron chi connectivity index (χ1n) is 2.84. The van der Waals surface area contributed by atoms with Crippen LogP contribution < -0.4 is 0 Å². The molecule has 0 aromatic carbocycles. The fourth-order valence-corrected chi connectivity index (χ4v) is 0.905. The van der Waals surface area contributed by atoms with Crippen molar-refractivity contribution in [2.45, 2.75) is 12.2 Å². The molecule has 0 aliphatic heterocycles. The molecule has 2 atom stereocenters. The number of hydrogen-bond donors (Lipinski definition) is 1. The SMILES string of the molecule is C[C@H]1C=CC=C[C@H]1S. The van der Waals surface area contributed by atoms with Crippen LogP contribution in [-0.4, -0.2) is 5.25 Å². The molecular formula is C7H10S. The van der Waals surface area contributed by atoms with Crippen LogP contribution in [0.15, 0.2) is 24.3 Å². The van der Waals surface area contributed by atoms with Crippen LogP contribution in [0.3, 0.4) is 0 Å². The lowest BCUT2D eigenvalue weighted by Gasteiger charge is -2.12. The Labute approximate surface area is 55.7 Å². The second-order valence-electron chi connectivity index (χ2n) is 2.12. The Balaban J connectivity index is 2.59. The molecule has 0 aromatic rings. The maximum absolute atomic E-state index is 4.32. The smallest absolute Gasteiger partial charge is 0.0260 e. The molecule has 0 heterocycles. The number of hydrogen-bond acceptors (Lipinski definition) is 1. The third-order valence-corrected chi connectivity index (χ3v) is 2.02. The summed E-state index contributed by atoms with van der Waals surface area (Å²) >= 11 is 4.32. The predicted octanol–water partition coefficient (Wildman–Crippen LogP) is 2.05. The summed E-state index contributed by atoms with van der Waals surface area (Å²) in [6.07, 6.45) is 8.38. The van der Waals surface area contributed by atoms with Gasteiger partial charge in [-0.25, -0.2) is 0 Å². The van der Waals surface area contributed by atoms with Crippen molar-refractivity contribution in [1.82, 2.24) is 0 Å². The van der Waals surface area contributed by atoms with E-state index in [4.69, 9.17) is 0 Å². The molecule has 0 bridgehead atoms. The summed E-state index contributed by atoms with van der Waals surface area (Å²) in [7, 11) is 0. The normalized spacial score (nSPS) is 35.8. The molecule has 0 aromatic heterocycles. The molecule has 1 aliphatic carbocycles. The van der Waals surface area contributed by atoms with Gasteiger partial charge in [0.1, 0.15) is 0 Å². The molecule has 8 heavy (non-hydrogen) atoms. The van der Waals surface area contributed by atoms with E-state index >= 15 is 0 Å². The van der Waals surface area contributed by atoms with Gasteiger partial charge in [-0.3, -0.25) is 0 Å². The maximum Gasteiger partial charge on any atom is 0.0260 e. The Morgan fingerprint density at radius 1 is 1.25 bits per heavy atom. The molecule has 1 heteroatoms. The minimum absolute atomic E-state index is 0.431. The van der Waals surface area contributed by atoms with Gasteiger partial charge in [-0.05, 0) is 5.92 Å². The van der Waals surface area contributed by atoms with Gasteiger partial charge >= 0.3 is 0 Å². The Morgan fingerprint density at radius 2 is 1.88 bits per heavy atom. The second-order valence-corrected chi connectivity index (χ2v) is 2.72. The quantitative estimate of drug-likeness (QED) is 0.472. The molecule has 0 amide bonds. The zero-order valence-electron chi connectivity index (χ0n) is 4.91. The van der Waals surface area contributed by atoms with Crippen LogP contribution in [0.2, 0.25) is 0 Å². The van der Waals surface area contributed by atoms with Gasteiger partial charge in [0, 0.05) is 5.25 Å². The number of rotatable bonds is 0.